The fraction of sp³-hybridized carbons (Fsp3) is 0.167. The third-order valence-corrected chi connectivity index (χ3v) is 1.70. The molecule has 0 fully saturated rings. The van der Waals surface area contributed by atoms with E-state index in [1.165, 1.54) is 5.56 Å². The quantitative estimate of drug-likeness (QED) is 0.563. The Labute approximate surface area is 79.2 Å². The molecule has 0 N–H and O–H groups in total. The van der Waals surface area contributed by atoms with Gasteiger partial charge in [0.05, 0.1) is 0 Å². The van der Waals surface area contributed by atoms with Crippen molar-refractivity contribution < 1.29 is 32.7 Å². The summed E-state index contributed by atoms with van der Waals surface area (Å²) in [4.78, 5) is 1.15. The van der Waals surface area contributed by atoms with Crippen molar-refractivity contribution in [2.24, 2.45) is 0 Å². The van der Waals surface area contributed by atoms with Gasteiger partial charge in [0.1, 0.15) is 0 Å². The van der Waals surface area contributed by atoms with Gasteiger partial charge in [-0.2, -0.15) is 17.4 Å². The van der Waals surface area contributed by atoms with Crippen LogP contribution in [0, 0.1) is 13.8 Å². The Bertz CT molecular complexity index is 141. The predicted octanol–water partition coefficient (Wildman–Crippen LogP) is 2.24. The molecule has 41 valence electrons. The summed E-state index contributed by atoms with van der Waals surface area (Å²) in [5, 5.41) is 2.10. The van der Waals surface area contributed by atoms with Crippen molar-refractivity contribution in [2.45, 2.75) is 6.92 Å². The molecule has 1 rings (SSSR count). The monoisotopic (exact) mass is 200 g/mol. The first kappa shape index (κ1) is 8.67. The molecule has 8 heavy (non-hydrogen) atoms. The predicted molar refractivity (Wildman–Crippen MR) is 33.5 cm³/mol. The molecule has 0 aliphatic rings. The Morgan fingerprint density at radius 1 is 1.62 bits per heavy atom. The number of thiophene rings is 1. The number of hydrogen-bond acceptors (Lipinski definition) is 1. The SMILES string of the molecule is [CH2-]c1cc(C)cs1.[Y]. The van der Waals surface area contributed by atoms with Gasteiger partial charge in [-0.05, 0) is 5.38 Å². The van der Waals surface area contributed by atoms with Gasteiger partial charge in [0.25, 0.3) is 0 Å². The van der Waals surface area contributed by atoms with Crippen molar-refractivity contribution >= 4 is 11.3 Å². The maximum absolute atomic E-state index is 3.76. The van der Waals surface area contributed by atoms with Crippen LogP contribution >= 0.6 is 11.3 Å². The molecule has 0 saturated carbocycles. The van der Waals surface area contributed by atoms with Crippen molar-refractivity contribution in [1.82, 2.24) is 0 Å². The second-order valence-electron chi connectivity index (χ2n) is 1.59. The minimum absolute atomic E-state index is 0. The van der Waals surface area contributed by atoms with Gasteiger partial charge in [-0.25, -0.2) is 6.92 Å². The van der Waals surface area contributed by atoms with E-state index in [0.717, 1.165) is 4.88 Å². The van der Waals surface area contributed by atoms with Crippen LogP contribution in [0.25, 0.3) is 0 Å². The van der Waals surface area contributed by atoms with E-state index in [-0.39, 0.29) is 32.7 Å². The average Bonchev–Trinajstić information content (AvgIpc) is 1.87. The van der Waals surface area contributed by atoms with Gasteiger partial charge in [0.2, 0.25) is 0 Å². The average molecular weight is 200 g/mol. The molecular weight excluding hydrogens is 193 g/mol. The minimum atomic E-state index is 0. The molecule has 0 atom stereocenters. The normalized spacial score (nSPS) is 8.12. The third kappa shape index (κ3) is 2.30. The molecule has 1 aromatic heterocycles. The van der Waals surface area contributed by atoms with Crippen LogP contribution < -0.4 is 0 Å². The van der Waals surface area contributed by atoms with Crippen molar-refractivity contribution in [1.29, 1.82) is 0 Å². The Morgan fingerprint density at radius 2 is 2.25 bits per heavy atom. The smallest absolute Gasteiger partial charge is 0 e. The summed E-state index contributed by atoms with van der Waals surface area (Å²) in [6, 6.07) is 2.07. The molecular formula is C6H7SY-. The zero-order chi connectivity index (χ0) is 5.28. The Morgan fingerprint density at radius 3 is 2.38 bits per heavy atom. The molecule has 0 bridgehead atoms. The van der Waals surface area contributed by atoms with Gasteiger partial charge in [-0.15, -0.1) is 10.4 Å². The van der Waals surface area contributed by atoms with Crippen LogP contribution in [0.1, 0.15) is 10.4 Å². The summed E-state index contributed by atoms with van der Waals surface area (Å²) in [6.07, 6.45) is 0. The first-order valence-corrected chi connectivity index (χ1v) is 3.04. The standard InChI is InChI=1S/C6H7S.Y/c1-5-3-6(2)7-4-5;/h3-4H,2H2,1H3;/q-1;. The molecule has 1 aromatic rings. The molecule has 0 aliphatic heterocycles. The first-order valence-electron chi connectivity index (χ1n) is 2.16. The van der Waals surface area contributed by atoms with E-state index in [2.05, 4.69) is 25.3 Å². The molecule has 0 aromatic carbocycles. The van der Waals surface area contributed by atoms with E-state index in [1.54, 1.807) is 11.3 Å². The fourth-order valence-corrected chi connectivity index (χ4v) is 1.15. The van der Waals surface area contributed by atoms with Crippen LogP contribution in [0.15, 0.2) is 11.4 Å². The Balaban J connectivity index is 0.000000490. The summed E-state index contributed by atoms with van der Waals surface area (Å²) in [5.74, 6) is 0. The Kier molecular flexibility index (Phi) is 3.96. The van der Waals surface area contributed by atoms with Gasteiger partial charge < -0.3 is 0 Å². The molecule has 0 nitrogen and oxygen atoms in total. The zero-order valence-corrected chi connectivity index (χ0v) is 8.50. The number of rotatable bonds is 0. The molecule has 0 spiro atoms. The molecule has 1 heterocycles. The van der Waals surface area contributed by atoms with Crippen molar-refractivity contribution in [3.63, 3.8) is 0 Å². The minimum Gasteiger partial charge on any atom is -0.228 e. The third-order valence-electron chi connectivity index (χ3n) is 0.785. The molecule has 0 unspecified atom stereocenters. The van der Waals surface area contributed by atoms with Crippen LogP contribution in [0.5, 0.6) is 0 Å². The van der Waals surface area contributed by atoms with E-state index in [1.807, 2.05) is 0 Å². The zero-order valence-electron chi connectivity index (χ0n) is 4.85. The topological polar surface area (TPSA) is 0 Å². The summed E-state index contributed by atoms with van der Waals surface area (Å²) in [7, 11) is 0. The van der Waals surface area contributed by atoms with Crippen molar-refractivity contribution in [2.75, 3.05) is 0 Å². The number of aryl methyl sites for hydroxylation is 1. The van der Waals surface area contributed by atoms with Gasteiger partial charge in [0, 0.05) is 32.7 Å². The van der Waals surface area contributed by atoms with E-state index in [0.29, 0.717) is 0 Å². The van der Waals surface area contributed by atoms with Crippen LogP contribution in [0.4, 0.5) is 0 Å². The van der Waals surface area contributed by atoms with Crippen LogP contribution in [-0.2, 0) is 32.7 Å². The van der Waals surface area contributed by atoms with Crippen molar-refractivity contribution in [3.8, 4) is 0 Å². The van der Waals surface area contributed by atoms with Gasteiger partial charge >= 0.3 is 0 Å². The number of hydrogen-bond donors (Lipinski definition) is 0. The maximum Gasteiger partial charge on any atom is 0 e. The van der Waals surface area contributed by atoms with Gasteiger partial charge in [0.15, 0.2) is 0 Å². The second-order valence-corrected chi connectivity index (χ2v) is 2.59. The largest absolute Gasteiger partial charge is 0.228 e. The summed E-state index contributed by atoms with van der Waals surface area (Å²) in [5.41, 5.74) is 1.31. The van der Waals surface area contributed by atoms with E-state index < -0.39 is 0 Å². The van der Waals surface area contributed by atoms with Gasteiger partial charge in [-0.3, -0.25) is 0 Å². The van der Waals surface area contributed by atoms with E-state index in [4.69, 9.17) is 0 Å². The second kappa shape index (κ2) is 3.65. The van der Waals surface area contributed by atoms with Gasteiger partial charge in [-0.1, -0.05) is 6.92 Å². The fourth-order valence-electron chi connectivity index (χ4n) is 0.491. The summed E-state index contributed by atoms with van der Waals surface area (Å²) < 4.78 is 0. The Hall–Kier alpha value is 0.674. The van der Waals surface area contributed by atoms with E-state index >= 15 is 0 Å². The van der Waals surface area contributed by atoms with Crippen LogP contribution in [-0.4, -0.2) is 0 Å². The maximum atomic E-state index is 3.76. The molecule has 2 heteroatoms. The van der Waals surface area contributed by atoms with E-state index in [9.17, 15) is 0 Å². The van der Waals surface area contributed by atoms with Crippen LogP contribution in [0.2, 0.25) is 0 Å². The molecule has 1 radical (unpaired) electrons. The van der Waals surface area contributed by atoms with Crippen molar-refractivity contribution in [3.05, 3.63) is 28.8 Å². The summed E-state index contributed by atoms with van der Waals surface area (Å²) >= 11 is 1.69. The summed E-state index contributed by atoms with van der Waals surface area (Å²) in [6.45, 7) is 5.83. The molecule has 0 aliphatic carbocycles. The molecule has 0 amide bonds. The first-order chi connectivity index (χ1) is 3.29. The molecule has 0 saturated heterocycles. The van der Waals surface area contributed by atoms with Crippen LogP contribution in [0.3, 0.4) is 0 Å².